The third-order valence-corrected chi connectivity index (χ3v) is 6.07. The van der Waals surface area contributed by atoms with Crippen LogP contribution < -0.4 is 5.32 Å². The number of nitrogens with zero attached hydrogens (tertiary/aromatic N) is 2. The topological polar surface area (TPSA) is 71.5 Å². The number of hydrogen-bond acceptors (Lipinski definition) is 5. The maximum Gasteiger partial charge on any atom is 0.317 e. The molecule has 7 heteroatoms. The third kappa shape index (κ3) is 3.20. The van der Waals surface area contributed by atoms with E-state index in [1.54, 1.807) is 17.5 Å². The lowest BCUT2D eigenvalue weighted by Gasteiger charge is -2.33. The zero-order valence-corrected chi connectivity index (χ0v) is 14.4. The number of piperidine rings is 1. The summed E-state index contributed by atoms with van der Waals surface area (Å²) < 4.78 is 4.85. The summed E-state index contributed by atoms with van der Waals surface area (Å²) in [6, 6.07) is -0.0562. The Bertz CT molecular complexity index is 567. The fraction of sp³-hybridized carbons (Fsp3) is 0.688. The molecule has 1 aromatic rings. The van der Waals surface area contributed by atoms with E-state index in [-0.39, 0.29) is 29.4 Å². The van der Waals surface area contributed by atoms with Crippen molar-refractivity contribution in [1.82, 2.24) is 15.2 Å². The number of aromatic nitrogens is 1. The minimum Gasteiger partial charge on any atom is -0.469 e. The van der Waals surface area contributed by atoms with Gasteiger partial charge < -0.3 is 15.0 Å². The molecule has 2 unspecified atom stereocenters. The maximum atomic E-state index is 12.5. The first kappa shape index (κ1) is 16.2. The van der Waals surface area contributed by atoms with Crippen LogP contribution in [0.2, 0.25) is 0 Å². The number of carbonyl (C=O) groups is 2. The number of urea groups is 1. The Morgan fingerprint density at radius 1 is 1.52 bits per heavy atom. The van der Waals surface area contributed by atoms with Crippen molar-refractivity contribution in [3.8, 4) is 0 Å². The number of esters is 1. The highest BCUT2D eigenvalue weighted by Crippen LogP contribution is 2.59. The molecule has 0 radical (unpaired) electrons. The summed E-state index contributed by atoms with van der Waals surface area (Å²) in [7, 11) is 1.44. The number of nitrogens with one attached hydrogen (secondary N) is 1. The van der Waals surface area contributed by atoms with E-state index in [1.807, 2.05) is 17.2 Å². The number of hydrogen-bond donors (Lipinski definition) is 1. The lowest BCUT2D eigenvalue weighted by Crippen LogP contribution is -2.46. The van der Waals surface area contributed by atoms with Crippen LogP contribution in [-0.4, -0.2) is 42.1 Å². The van der Waals surface area contributed by atoms with Gasteiger partial charge in [-0.1, -0.05) is 6.92 Å². The lowest BCUT2D eigenvalue weighted by atomic mass is 9.91. The summed E-state index contributed by atoms with van der Waals surface area (Å²) in [5.41, 5.74) is 0.0866. The highest BCUT2D eigenvalue weighted by Gasteiger charge is 2.59. The molecule has 2 atom stereocenters. The summed E-state index contributed by atoms with van der Waals surface area (Å²) >= 11 is 1.56. The fourth-order valence-electron chi connectivity index (χ4n) is 3.52. The Labute approximate surface area is 140 Å². The Hall–Kier alpha value is -1.63. The third-order valence-electron chi connectivity index (χ3n) is 5.18. The van der Waals surface area contributed by atoms with Crippen LogP contribution in [0.4, 0.5) is 4.79 Å². The number of amides is 2. The van der Waals surface area contributed by atoms with Crippen LogP contribution >= 0.6 is 11.3 Å². The average molecular weight is 337 g/mol. The molecular weight excluding hydrogens is 314 g/mol. The van der Waals surface area contributed by atoms with Crippen molar-refractivity contribution in [2.24, 2.45) is 11.3 Å². The van der Waals surface area contributed by atoms with Crippen molar-refractivity contribution in [3.63, 3.8) is 0 Å². The zero-order valence-electron chi connectivity index (χ0n) is 13.6. The van der Waals surface area contributed by atoms with Crippen LogP contribution in [-0.2, 0) is 9.53 Å². The molecule has 1 aromatic heterocycles. The first-order valence-electron chi connectivity index (χ1n) is 8.12. The van der Waals surface area contributed by atoms with E-state index in [0.717, 1.165) is 30.7 Å². The molecule has 1 N–H and O–H groups in total. The van der Waals surface area contributed by atoms with Gasteiger partial charge >= 0.3 is 12.0 Å². The Morgan fingerprint density at radius 3 is 2.83 bits per heavy atom. The van der Waals surface area contributed by atoms with Gasteiger partial charge in [0.1, 0.15) is 5.01 Å². The highest BCUT2D eigenvalue weighted by molar-refractivity contribution is 7.09. The van der Waals surface area contributed by atoms with Gasteiger partial charge in [0, 0.05) is 24.7 Å². The monoisotopic (exact) mass is 337 g/mol. The molecule has 1 saturated carbocycles. The van der Waals surface area contributed by atoms with E-state index in [0.29, 0.717) is 13.1 Å². The molecule has 1 aliphatic heterocycles. The second-order valence-electron chi connectivity index (χ2n) is 6.41. The first-order chi connectivity index (χ1) is 11.1. The summed E-state index contributed by atoms with van der Waals surface area (Å²) in [5, 5.41) is 5.95. The van der Waals surface area contributed by atoms with Gasteiger partial charge in [0.2, 0.25) is 0 Å². The second-order valence-corrected chi connectivity index (χ2v) is 7.34. The van der Waals surface area contributed by atoms with Crippen LogP contribution in [0.1, 0.15) is 43.7 Å². The second kappa shape index (κ2) is 6.47. The average Bonchev–Trinajstić information content (AvgIpc) is 3.00. The minimum atomic E-state index is -0.0993. The van der Waals surface area contributed by atoms with E-state index in [2.05, 4.69) is 10.3 Å². The van der Waals surface area contributed by atoms with Crippen molar-refractivity contribution in [2.45, 2.75) is 38.6 Å². The Morgan fingerprint density at radius 2 is 2.26 bits per heavy atom. The number of methoxy groups -OCH3 is 1. The van der Waals surface area contributed by atoms with E-state index in [9.17, 15) is 9.59 Å². The smallest absolute Gasteiger partial charge is 0.317 e. The molecular formula is C16H23N3O3S. The van der Waals surface area contributed by atoms with Crippen molar-refractivity contribution in [1.29, 1.82) is 0 Å². The van der Waals surface area contributed by atoms with Crippen molar-refractivity contribution >= 4 is 23.3 Å². The van der Waals surface area contributed by atoms with Gasteiger partial charge in [0.05, 0.1) is 19.1 Å². The van der Waals surface area contributed by atoms with Crippen LogP contribution in [0.25, 0.3) is 0 Å². The molecule has 2 fully saturated rings. The predicted molar refractivity (Wildman–Crippen MR) is 87.0 cm³/mol. The number of likely N-dealkylation sites (tertiary alicyclic amines) is 1. The summed E-state index contributed by atoms with van der Waals surface area (Å²) in [6.45, 7) is 3.45. The lowest BCUT2D eigenvalue weighted by molar-refractivity contribution is -0.143. The van der Waals surface area contributed by atoms with Gasteiger partial charge in [-0.3, -0.25) is 4.79 Å². The molecule has 23 heavy (non-hydrogen) atoms. The standard InChI is InChI=1S/C16H23N3O3S/c1-3-12(13-17-6-9-23-13)18-15(21)19-7-4-16(5-8-19)10-11(16)14(20)22-2/h6,9,11-12H,3-5,7-8,10H2,1-2H3,(H,18,21). The molecule has 1 spiro atoms. The molecule has 6 nitrogen and oxygen atoms in total. The molecule has 0 aromatic carbocycles. The molecule has 3 rings (SSSR count). The Kier molecular flexibility index (Phi) is 4.57. The Balaban J connectivity index is 1.52. The van der Waals surface area contributed by atoms with E-state index in [1.165, 1.54) is 7.11 Å². The number of ether oxygens (including phenoxy) is 1. The number of rotatable bonds is 4. The maximum absolute atomic E-state index is 12.5. The number of carbonyl (C=O) groups excluding carboxylic acids is 2. The van der Waals surface area contributed by atoms with Crippen LogP contribution in [0.5, 0.6) is 0 Å². The van der Waals surface area contributed by atoms with Crippen molar-refractivity contribution < 1.29 is 14.3 Å². The zero-order chi connectivity index (χ0) is 16.4. The van der Waals surface area contributed by atoms with Crippen LogP contribution in [0, 0.1) is 11.3 Å². The summed E-state index contributed by atoms with van der Waals surface area (Å²) in [4.78, 5) is 30.3. The summed E-state index contributed by atoms with van der Waals surface area (Å²) in [6.07, 6.45) is 5.26. The molecule has 0 bridgehead atoms. The van der Waals surface area contributed by atoms with Gasteiger partial charge in [-0.15, -0.1) is 11.3 Å². The molecule has 2 aliphatic rings. The summed E-state index contributed by atoms with van der Waals surface area (Å²) in [5.74, 6) is -0.0610. The normalized spacial score (nSPS) is 23.4. The minimum absolute atomic E-state index is 0.0258. The van der Waals surface area contributed by atoms with Gasteiger partial charge in [0.25, 0.3) is 0 Å². The van der Waals surface area contributed by atoms with E-state index in [4.69, 9.17) is 4.74 Å². The van der Waals surface area contributed by atoms with Crippen molar-refractivity contribution in [3.05, 3.63) is 16.6 Å². The van der Waals surface area contributed by atoms with Gasteiger partial charge in [0.15, 0.2) is 0 Å². The first-order valence-corrected chi connectivity index (χ1v) is 9.00. The predicted octanol–water partition coefficient (Wildman–Crippen LogP) is 2.58. The molecule has 1 saturated heterocycles. The van der Waals surface area contributed by atoms with Gasteiger partial charge in [-0.05, 0) is 31.1 Å². The van der Waals surface area contributed by atoms with E-state index >= 15 is 0 Å². The van der Waals surface area contributed by atoms with Crippen LogP contribution in [0.15, 0.2) is 11.6 Å². The van der Waals surface area contributed by atoms with Gasteiger partial charge in [-0.2, -0.15) is 0 Å². The van der Waals surface area contributed by atoms with Gasteiger partial charge in [-0.25, -0.2) is 9.78 Å². The molecule has 126 valence electrons. The molecule has 2 amide bonds. The number of thiazole rings is 1. The largest absolute Gasteiger partial charge is 0.469 e. The van der Waals surface area contributed by atoms with Crippen LogP contribution in [0.3, 0.4) is 0 Å². The van der Waals surface area contributed by atoms with Crippen molar-refractivity contribution in [2.75, 3.05) is 20.2 Å². The SMILES string of the molecule is CCC(NC(=O)N1CCC2(CC1)CC2C(=O)OC)c1nccs1. The molecule has 1 aliphatic carbocycles. The quantitative estimate of drug-likeness (QED) is 0.857. The fourth-order valence-corrected chi connectivity index (χ4v) is 4.29. The molecule has 2 heterocycles. The highest BCUT2D eigenvalue weighted by atomic mass is 32.1. The van der Waals surface area contributed by atoms with E-state index < -0.39 is 0 Å².